The van der Waals surface area contributed by atoms with E-state index in [0.29, 0.717) is 40.0 Å². The lowest BCUT2D eigenvalue weighted by atomic mass is 9.89. The molecule has 0 amide bonds. The first-order valence-electron chi connectivity index (χ1n) is 9.92. The molecule has 0 aliphatic heterocycles. The molecule has 0 spiro atoms. The summed E-state index contributed by atoms with van der Waals surface area (Å²) in [7, 11) is 2.85. The smallest absolute Gasteiger partial charge is 0.337 e. The highest BCUT2D eigenvalue weighted by Crippen LogP contribution is 2.40. The summed E-state index contributed by atoms with van der Waals surface area (Å²) in [6.07, 6.45) is 0.351. The van der Waals surface area contributed by atoms with Gasteiger partial charge < -0.3 is 9.47 Å². The molecule has 0 unspecified atom stereocenters. The van der Waals surface area contributed by atoms with E-state index in [-0.39, 0.29) is 11.6 Å². The van der Waals surface area contributed by atoms with Crippen molar-refractivity contribution < 1.29 is 23.5 Å². The molecular formula is C26H25FO4. The molecular weight excluding hydrogens is 395 g/mol. The molecule has 0 heterocycles. The number of halogens is 1. The van der Waals surface area contributed by atoms with Crippen LogP contribution in [0.4, 0.5) is 4.39 Å². The average Bonchev–Trinajstić information content (AvgIpc) is 2.78. The first-order valence-corrected chi connectivity index (χ1v) is 9.92. The van der Waals surface area contributed by atoms with Crippen molar-refractivity contribution in [3.8, 4) is 16.9 Å². The van der Waals surface area contributed by atoms with Crippen LogP contribution < -0.4 is 4.74 Å². The van der Waals surface area contributed by atoms with E-state index in [1.165, 1.54) is 21.1 Å². The minimum Gasteiger partial charge on any atom is -0.496 e. The van der Waals surface area contributed by atoms with Gasteiger partial charge in [-0.05, 0) is 66.8 Å². The Kier molecular flexibility index (Phi) is 6.54. The van der Waals surface area contributed by atoms with Crippen molar-refractivity contribution in [2.24, 2.45) is 0 Å². The summed E-state index contributed by atoms with van der Waals surface area (Å²) >= 11 is 0. The number of carbonyl (C=O) groups excluding carboxylic acids is 2. The van der Waals surface area contributed by atoms with Crippen LogP contribution in [0.3, 0.4) is 0 Å². The molecule has 0 aliphatic carbocycles. The van der Waals surface area contributed by atoms with Gasteiger partial charge in [-0.3, -0.25) is 4.79 Å². The maximum absolute atomic E-state index is 15.9. The number of methoxy groups -OCH3 is 2. The molecule has 3 rings (SSSR count). The number of hydrogen-bond acceptors (Lipinski definition) is 4. The molecule has 160 valence electrons. The van der Waals surface area contributed by atoms with Crippen LogP contribution in [0.1, 0.15) is 49.9 Å². The Morgan fingerprint density at radius 3 is 2.19 bits per heavy atom. The highest BCUT2D eigenvalue weighted by molar-refractivity contribution is 5.95. The van der Waals surface area contributed by atoms with Gasteiger partial charge in [0.25, 0.3) is 0 Å². The maximum atomic E-state index is 15.9. The van der Waals surface area contributed by atoms with E-state index in [2.05, 4.69) is 0 Å². The van der Waals surface area contributed by atoms with E-state index in [9.17, 15) is 9.59 Å². The average molecular weight is 420 g/mol. The lowest BCUT2D eigenvalue weighted by Crippen LogP contribution is -2.06. The van der Waals surface area contributed by atoms with Crippen LogP contribution in [0.25, 0.3) is 11.1 Å². The quantitative estimate of drug-likeness (QED) is 0.379. The number of Topliss-reactive ketones (excluding diaryl/α,β-unsaturated/α-hetero) is 1. The number of ether oxygens (including phenoxy) is 2. The van der Waals surface area contributed by atoms with Gasteiger partial charge in [-0.15, -0.1) is 0 Å². The van der Waals surface area contributed by atoms with E-state index in [4.69, 9.17) is 9.47 Å². The van der Waals surface area contributed by atoms with Gasteiger partial charge in [0.05, 0.1) is 25.3 Å². The summed E-state index contributed by atoms with van der Waals surface area (Å²) in [5.41, 5.74) is 4.94. The number of esters is 1. The minimum absolute atomic E-state index is 0.0871. The first-order chi connectivity index (χ1) is 14.8. The van der Waals surface area contributed by atoms with Crippen molar-refractivity contribution in [3.63, 3.8) is 0 Å². The van der Waals surface area contributed by atoms with Gasteiger partial charge in [-0.2, -0.15) is 0 Å². The van der Waals surface area contributed by atoms with Crippen LogP contribution in [0.15, 0.2) is 48.5 Å². The number of benzene rings is 3. The Hall–Kier alpha value is -3.47. The maximum Gasteiger partial charge on any atom is 0.337 e. The molecule has 0 radical (unpaired) electrons. The van der Waals surface area contributed by atoms with E-state index < -0.39 is 5.97 Å². The largest absolute Gasteiger partial charge is 0.496 e. The number of hydrogen-bond donors (Lipinski definition) is 0. The number of rotatable bonds is 6. The number of carbonyl (C=O) groups is 2. The third-order valence-corrected chi connectivity index (χ3v) is 5.59. The minimum atomic E-state index is -0.415. The summed E-state index contributed by atoms with van der Waals surface area (Å²) in [5.74, 6) is -0.420. The first kappa shape index (κ1) is 22.2. The lowest BCUT2D eigenvalue weighted by molar-refractivity contribution is 0.0600. The summed E-state index contributed by atoms with van der Waals surface area (Å²) in [5, 5.41) is 0. The second kappa shape index (κ2) is 9.13. The molecule has 5 heteroatoms. The van der Waals surface area contributed by atoms with Crippen molar-refractivity contribution in [1.29, 1.82) is 0 Å². The predicted octanol–water partition coefficient (Wildman–Crippen LogP) is 5.70. The van der Waals surface area contributed by atoms with Crippen LogP contribution in [-0.2, 0) is 11.2 Å². The third-order valence-electron chi connectivity index (χ3n) is 5.59. The Bertz CT molecular complexity index is 1150. The standard InChI is InChI=1S/C26H25FO4/c1-15-16(2)25(30-4)23(21-8-6-7-20(14-21)17(3)28)24(27)22(15)13-18-9-11-19(12-10-18)26(29)31-5/h6-12,14H,13H2,1-5H3. The molecule has 0 aliphatic rings. The van der Waals surface area contributed by atoms with Crippen LogP contribution in [0.5, 0.6) is 5.75 Å². The Morgan fingerprint density at radius 2 is 1.61 bits per heavy atom. The monoisotopic (exact) mass is 420 g/mol. The van der Waals surface area contributed by atoms with Gasteiger partial charge in [0.2, 0.25) is 0 Å². The fraction of sp³-hybridized carbons (Fsp3) is 0.231. The van der Waals surface area contributed by atoms with Gasteiger partial charge in [0, 0.05) is 12.0 Å². The fourth-order valence-corrected chi connectivity index (χ4v) is 3.70. The van der Waals surface area contributed by atoms with Crippen molar-refractivity contribution >= 4 is 11.8 Å². The van der Waals surface area contributed by atoms with Gasteiger partial charge >= 0.3 is 5.97 Å². The molecule has 31 heavy (non-hydrogen) atoms. The highest BCUT2D eigenvalue weighted by atomic mass is 19.1. The summed E-state index contributed by atoms with van der Waals surface area (Å²) in [6, 6.07) is 13.8. The fourth-order valence-electron chi connectivity index (χ4n) is 3.70. The third kappa shape index (κ3) is 4.36. The van der Waals surface area contributed by atoms with Crippen LogP contribution in [0.2, 0.25) is 0 Å². The van der Waals surface area contributed by atoms with Crippen molar-refractivity contribution in [2.75, 3.05) is 14.2 Å². The molecule has 0 aromatic heterocycles. The molecule has 0 fully saturated rings. The summed E-state index contributed by atoms with van der Waals surface area (Å²) < 4.78 is 26.2. The topological polar surface area (TPSA) is 52.6 Å². The van der Waals surface area contributed by atoms with Crippen molar-refractivity contribution in [1.82, 2.24) is 0 Å². The second-order valence-electron chi connectivity index (χ2n) is 7.45. The van der Waals surface area contributed by atoms with Crippen LogP contribution in [-0.4, -0.2) is 26.0 Å². The molecule has 3 aromatic rings. The second-order valence-corrected chi connectivity index (χ2v) is 7.45. The van der Waals surface area contributed by atoms with Crippen LogP contribution >= 0.6 is 0 Å². The lowest BCUT2D eigenvalue weighted by Gasteiger charge is -2.20. The van der Waals surface area contributed by atoms with E-state index >= 15 is 4.39 Å². The molecule has 0 atom stereocenters. The Morgan fingerprint density at radius 1 is 0.935 bits per heavy atom. The molecule has 0 bridgehead atoms. The Balaban J connectivity index is 2.13. The SMILES string of the molecule is COC(=O)c1ccc(Cc2c(C)c(C)c(OC)c(-c3cccc(C(C)=O)c3)c2F)cc1. The van der Waals surface area contributed by atoms with Gasteiger partial charge in [-0.25, -0.2) is 9.18 Å². The van der Waals surface area contributed by atoms with Gasteiger partial charge in [0.1, 0.15) is 11.6 Å². The zero-order valence-corrected chi connectivity index (χ0v) is 18.3. The van der Waals surface area contributed by atoms with E-state index in [1.54, 1.807) is 48.5 Å². The van der Waals surface area contributed by atoms with Crippen molar-refractivity contribution in [3.05, 3.63) is 87.7 Å². The molecule has 3 aromatic carbocycles. The molecule has 4 nitrogen and oxygen atoms in total. The van der Waals surface area contributed by atoms with Crippen LogP contribution in [0, 0.1) is 19.7 Å². The summed E-state index contributed by atoms with van der Waals surface area (Å²) in [6.45, 7) is 5.25. The zero-order chi connectivity index (χ0) is 22.7. The number of ketones is 1. The highest BCUT2D eigenvalue weighted by Gasteiger charge is 2.23. The van der Waals surface area contributed by atoms with E-state index in [1.807, 2.05) is 13.8 Å². The molecule has 0 saturated carbocycles. The van der Waals surface area contributed by atoms with Gasteiger partial charge in [0.15, 0.2) is 5.78 Å². The summed E-state index contributed by atoms with van der Waals surface area (Å²) in [4.78, 5) is 23.5. The van der Waals surface area contributed by atoms with Crippen molar-refractivity contribution in [2.45, 2.75) is 27.2 Å². The van der Waals surface area contributed by atoms with E-state index in [0.717, 1.165) is 16.7 Å². The zero-order valence-electron chi connectivity index (χ0n) is 18.3. The Labute approximate surface area is 181 Å². The molecule has 0 N–H and O–H groups in total. The van der Waals surface area contributed by atoms with Gasteiger partial charge in [-0.1, -0.05) is 30.3 Å². The normalized spacial score (nSPS) is 10.6. The molecule has 0 saturated heterocycles. The predicted molar refractivity (Wildman–Crippen MR) is 118 cm³/mol.